The van der Waals surface area contributed by atoms with E-state index in [1.165, 1.54) is 23.3 Å². The molecule has 0 saturated carbocycles. The Hall–Kier alpha value is -3.84. The van der Waals surface area contributed by atoms with Gasteiger partial charge in [-0.25, -0.2) is 19.5 Å². The van der Waals surface area contributed by atoms with Gasteiger partial charge in [-0.15, -0.1) is 0 Å². The molecule has 204 valence electrons. The Morgan fingerprint density at radius 1 is 1.08 bits per heavy atom. The van der Waals surface area contributed by atoms with E-state index in [-0.39, 0.29) is 35.8 Å². The van der Waals surface area contributed by atoms with Crippen LogP contribution in [0.2, 0.25) is 0 Å². The smallest absolute Gasteiger partial charge is 0.387 e. The summed E-state index contributed by atoms with van der Waals surface area (Å²) in [6.45, 7) is -0.327. The number of phosphoric ester groups is 1. The van der Waals surface area contributed by atoms with E-state index in [1.807, 2.05) is 0 Å². The fraction of sp³-hybridized carbons (Fsp3) is 0.389. The van der Waals surface area contributed by atoms with Crippen molar-refractivity contribution in [2.45, 2.75) is 24.5 Å². The molecule has 19 nitrogen and oxygen atoms in total. The summed E-state index contributed by atoms with van der Waals surface area (Å²) in [6, 6.07) is 3.23. The van der Waals surface area contributed by atoms with Crippen LogP contribution in [0.1, 0.15) is 6.23 Å². The molecule has 6 N–H and O–H groups in total. The first kappa shape index (κ1) is 27.2. The Labute approximate surface area is 211 Å². The second kappa shape index (κ2) is 10.9. The molecule has 3 aromatic rings. The van der Waals surface area contributed by atoms with Gasteiger partial charge in [0.05, 0.1) is 28.8 Å². The van der Waals surface area contributed by atoms with Crippen LogP contribution in [-0.4, -0.2) is 87.4 Å². The molecule has 1 saturated heterocycles. The second-order valence-corrected chi connectivity index (χ2v) is 9.19. The third-order valence-corrected chi connectivity index (χ3v) is 5.98. The maximum absolute atomic E-state index is 11.3. The molecule has 0 radical (unpaired) electrons. The number of imidazole rings is 1. The Kier molecular flexibility index (Phi) is 7.78. The standard InChI is InChI=1S/C18H21N8O11P/c27-14-12(6-36-38(33,34)35)37-18(15(14)28)24-8-23-13-16(21-7-22-17(13)24)20-4-3-19-10-2-1-9(25(29)30)5-11(10)26(31)32/h1-2,5,7-8,12,14-15,18-19,27-28H,3-4,6H2,(H,20,21,22)(H2,33,34,35)/t12-,14-,15-,18-/m1/s1. The highest BCUT2D eigenvalue weighted by atomic mass is 31.2. The fourth-order valence-corrected chi connectivity index (χ4v) is 4.09. The fourth-order valence-electron chi connectivity index (χ4n) is 3.75. The number of hydrogen-bond donors (Lipinski definition) is 6. The van der Waals surface area contributed by atoms with Crippen molar-refractivity contribution in [3.8, 4) is 0 Å². The number of phosphoric acid groups is 1. The van der Waals surface area contributed by atoms with Crippen LogP contribution >= 0.6 is 7.82 Å². The van der Waals surface area contributed by atoms with Gasteiger partial charge in [0.1, 0.15) is 30.3 Å². The van der Waals surface area contributed by atoms with E-state index in [4.69, 9.17) is 14.5 Å². The van der Waals surface area contributed by atoms with Crippen LogP contribution in [0.3, 0.4) is 0 Å². The van der Waals surface area contributed by atoms with Crippen molar-refractivity contribution in [2.75, 3.05) is 30.3 Å². The molecule has 0 amide bonds. The molecule has 1 aliphatic rings. The van der Waals surface area contributed by atoms with E-state index in [0.29, 0.717) is 0 Å². The highest BCUT2D eigenvalue weighted by molar-refractivity contribution is 7.46. The van der Waals surface area contributed by atoms with Crippen LogP contribution in [0.4, 0.5) is 22.9 Å². The molecule has 0 spiro atoms. The molecule has 0 bridgehead atoms. The van der Waals surface area contributed by atoms with Crippen LogP contribution in [0.5, 0.6) is 0 Å². The van der Waals surface area contributed by atoms with Crippen LogP contribution in [0.25, 0.3) is 11.2 Å². The van der Waals surface area contributed by atoms with Crippen molar-refractivity contribution in [2.24, 2.45) is 0 Å². The van der Waals surface area contributed by atoms with Crippen molar-refractivity contribution < 1.29 is 43.7 Å². The predicted molar refractivity (Wildman–Crippen MR) is 126 cm³/mol. The summed E-state index contributed by atoms with van der Waals surface area (Å²) in [7, 11) is -4.82. The molecule has 38 heavy (non-hydrogen) atoms. The summed E-state index contributed by atoms with van der Waals surface area (Å²) < 4.78 is 22.2. The number of aromatic nitrogens is 4. The minimum Gasteiger partial charge on any atom is -0.387 e. The third kappa shape index (κ3) is 5.83. The molecular weight excluding hydrogens is 535 g/mol. The van der Waals surface area contributed by atoms with Gasteiger partial charge in [0, 0.05) is 19.2 Å². The minimum atomic E-state index is -4.82. The first-order chi connectivity index (χ1) is 18.0. The summed E-state index contributed by atoms with van der Waals surface area (Å²) in [6.07, 6.45) is -2.98. The van der Waals surface area contributed by atoms with Gasteiger partial charge in [-0.05, 0) is 6.07 Å². The molecule has 20 heteroatoms. The van der Waals surface area contributed by atoms with Crippen molar-refractivity contribution in [1.82, 2.24) is 19.5 Å². The van der Waals surface area contributed by atoms with Gasteiger partial charge in [-0.1, -0.05) is 0 Å². The first-order valence-corrected chi connectivity index (χ1v) is 12.3. The normalized spacial score (nSPS) is 21.5. The Balaban J connectivity index is 1.43. The zero-order valence-electron chi connectivity index (χ0n) is 19.1. The maximum atomic E-state index is 11.3. The Bertz CT molecular complexity index is 1400. The molecule has 1 aliphatic heterocycles. The highest BCUT2D eigenvalue weighted by Gasteiger charge is 2.45. The van der Waals surface area contributed by atoms with Crippen molar-refractivity contribution in [3.63, 3.8) is 0 Å². The van der Waals surface area contributed by atoms with Gasteiger partial charge in [0.15, 0.2) is 23.2 Å². The number of nitrogens with zero attached hydrogens (tertiary/aromatic N) is 6. The second-order valence-electron chi connectivity index (χ2n) is 7.95. The van der Waals surface area contributed by atoms with E-state index in [9.17, 15) is 35.0 Å². The topological polar surface area (TPSA) is 270 Å². The number of non-ortho nitro benzene ring substituents is 1. The number of aliphatic hydroxyl groups excluding tert-OH is 2. The maximum Gasteiger partial charge on any atom is 0.469 e. The van der Waals surface area contributed by atoms with E-state index in [1.54, 1.807) is 0 Å². The van der Waals surface area contributed by atoms with Crippen molar-refractivity contribution >= 4 is 41.9 Å². The summed E-state index contributed by atoms with van der Waals surface area (Å²) >= 11 is 0. The number of nitrogens with one attached hydrogen (secondary N) is 2. The predicted octanol–water partition coefficient (Wildman–Crippen LogP) is -0.105. The van der Waals surface area contributed by atoms with E-state index in [2.05, 4.69) is 30.1 Å². The number of fused-ring (bicyclic) bond motifs is 1. The van der Waals surface area contributed by atoms with E-state index < -0.39 is 60.2 Å². The molecule has 4 atom stereocenters. The Morgan fingerprint density at radius 3 is 2.50 bits per heavy atom. The molecular formula is C18H21N8O11P. The number of hydrogen-bond acceptors (Lipinski definition) is 14. The molecule has 4 rings (SSSR count). The molecule has 1 aromatic carbocycles. The molecule has 0 aliphatic carbocycles. The Morgan fingerprint density at radius 2 is 1.82 bits per heavy atom. The number of benzene rings is 1. The monoisotopic (exact) mass is 556 g/mol. The third-order valence-electron chi connectivity index (χ3n) is 5.50. The zero-order valence-corrected chi connectivity index (χ0v) is 20.0. The van der Waals surface area contributed by atoms with Gasteiger partial charge >= 0.3 is 7.82 Å². The van der Waals surface area contributed by atoms with Crippen molar-refractivity contribution in [1.29, 1.82) is 0 Å². The SMILES string of the molecule is O=[N+]([O-])c1ccc(NCCNc2ncnc3c2ncn3[C@@H]2O[C@H](COP(=O)(O)O)[C@@H](O)[C@H]2O)c([N+](=O)[O-])c1. The molecule has 0 unspecified atom stereocenters. The van der Waals surface area contributed by atoms with Crippen LogP contribution < -0.4 is 10.6 Å². The van der Waals surface area contributed by atoms with Crippen molar-refractivity contribution in [3.05, 3.63) is 51.1 Å². The average Bonchev–Trinajstić information content (AvgIpc) is 3.41. The number of aliphatic hydroxyl groups is 2. The van der Waals surface area contributed by atoms with Crippen LogP contribution in [0, 0.1) is 20.2 Å². The van der Waals surface area contributed by atoms with Gasteiger partial charge in [0.25, 0.3) is 11.4 Å². The number of ether oxygens (including phenoxy) is 1. The number of rotatable bonds is 11. The van der Waals surface area contributed by atoms with Gasteiger partial charge in [-0.3, -0.25) is 29.3 Å². The van der Waals surface area contributed by atoms with Crippen LogP contribution in [-0.2, 0) is 13.8 Å². The van der Waals surface area contributed by atoms with Gasteiger partial charge < -0.3 is 35.4 Å². The summed E-state index contributed by atoms with van der Waals surface area (Å²) in [5, 5.41) is 48.6. The minimum absolute atomic E-state index is 0.0859. The number of anilines is 2. The molecule has 3 heterocycles. The lowest BCUT2D eigenvalue weighted by Crippen LogP contribution is -2.33. The van der Waals surface area contributed by atoms with E-state index in [0.717, 1.165) is 12.1 Å². The molecule has 1 fully saturated rings. The highest BCUT2D eigenvalue weighted by Crippen LogP contribution is 2.39. The van der Waals surface area contributed by atoms with Crippen LogP contribution in [0.15, 0.2) is 30.9 Å². The quantitative estimate of drug-likeness (QED) is 0.0778. The summed E-state index contributed by atoms with van der Waals surface area (Å²) in [4.78, 5) is 50.8. The lowest BCUT2D eigenvalue weighted by molar-refractivity contribution is -0.393. The van der Waals surface area contributed by atoms with E-state index >= 15 is 0 Å². The summed E-state index contributed by atoms with van der Waals surface area (Å²) in [5.74, 6) is 0.267. The molecule has 2 aromatic heterocycles. The van der Waals surface area contributed by atoms with Gasteiger partial charge in [0.2, 0.25) is 0 Å². The summed E-state index contributed by atoms with van der Waals surface area (Å²) in [5.41, 5.74) is -0.320. The average molecular weight is 556 g/mol. The number of nitro groups is 2. The number of nitro benzene ring substituents is 2. The lowest BCUT2D eigenvalue weighted by atomic mass is 10.1. The van der Waals surface area contributed by atoms with Gasteiger partial charge in [-0.2, -0.15) is 0 Å². The lowest BCUT2D eigenvalue weighted by Gasteiger charge is -2.16. The zero-order chi connectivity index (χ0) is 27.6. The largest absolute Gasteiger partial charge is 0.469 e. The first-order valence-electron chi connectivity index (χ1n) is 10.8.